The Balaban J connectivity index is 1.62. The molecule has 23 heavy (non-hydrogen) atoms. The molecule has 0 bridgehead atoms. The van der Waals surface area contributed by atoms with Gasteiger partial charge in [0, 0.05) is 12.5 Å². The van der Waals surface area contributed by atoms with E-state index in [0.717, 1.165) is 24.2 Å². The number of para-hydroxylation sites is 1. The van der Waals surface area contributed by atoms with Crippen LogP contribution in [-0.4, -0.2) is 24.2 Å². The molecular weight excluding hydrogens is 290 g/mol. The van der Waals surface area contributed by atoms with Gasteiger partial charge >= 0.3 is 0 Å². The van der Waals surface area contributed by atoms with Gasteiger partial charge in [0.1, 0.15) is 11.5 Å². The molecule has 1 heterocycles. The molecule has 2 aromatic rings. The molecule has 0 radical (unpaired) electrons. The number of rotatable bonds is 4. The Morgan fingerprint density at radius 2 is 2.13 bits per heavy atom. The topological polar surface area (TPSA) is 58.6 Å². The van der Waals surface area contributed by atoms with Crippen molar-refractivity contribution in [1.29, 1.82) is 0 Å². The molecule has 0 spiro atoms. The highest BCUT2D eigenvalue weighted by molar-refractivity contribution is 5.97. The molecule has 0 fully saturated rings. The second-order valence-corrected chi connectivity index (χ2v) is 5.90. The van der Waals surface area contributed by atoms with Gasteiger partial charge in [0.15, 0.2) is 0 Å². The molecule has 2 aromatic carbocycles. The van der Waals surface area contributed by atoms with E-state index in [9.17, 15) is 9.90 Å². The summed E-state index contributed by atoms with van der Waals surface area (Å²) in [5.41, 5.74) is 2.54. The second-order valence-electron chi connectivity index (χ2n) is 5.90. The maximum atomic E-state index is 12.3. The average molecular weight is 311 g/mol. The number of amides is 1. The van der Waals surface area contributed by atoms with Gasteiger partial charge in [-0.25, -0.2) is 0 Å². The number of ether oxygens (including phenoxy) is 1. The van der Waals surface area contributed by atoms with Crippen LogP contribution in [0.3, 0.4) is 0 Å². The van der Waals surface area contributed by atoms with Crippen LogP contribution in [0, 0.1) is 5.92 Å². The molecule has 1 aliphatic heterocycles. The molecule has 1 unspecified atom stereocenters. The van der Waals surface area contributed by atoms with Crippen LogP contribution in [0.4, 0.5) is 0 Å². The molecule has 0 aliphatic carbocycles. The summed E-state index contributed by atoms with van der Waals surface area (Å²) in [6, 6.07) is 13.1. The Bertz CT molecular complexity index is 712. The van der Waals surface area contributed by atoms with E-state index in [1.165, 1.54) is 5.56 Å². The largest absolute Gasteiger partial charge is 0.507 e. The highest BCUT2D eigenvalue weighted by Gasteiger charge is 2.21. The fourth-order valence-corrected chi connectivity index (χ4v) is 2.84. The van der Waals surface area contributed by atoms with Crippen LogP contribution >= 0.6 is 0 Å². The molecule has 1 atom stereocenters. The van der Waals surface area contributed by atoms with Crippen molar-refractivity contribution in [3.05, 3.63) is 59.2 Å². The number of carbonyl (C=O) groups is 1. The third-order valence-electron chi connectivity index (χ3n) is 4.22. The third kappa shape index (κ3) is 3.47. The first kappa shape index (κ1) is 15.4. The van der Waals surface area contributed by atoms with E-state index in [2.05, 4.69) is 11.4 Å². The summed E-state index contributed by atoms with van der Waals surface area (Å²) in [4.78, 5) is 12.3. The lowest BCUT2D eigenvalue weighted by atomic mass is 9.96. The van der Waals surface area contributed by atoms with Gasteiger partial charge in [-0.15, -0.1) is 0 Å². The van der Waals surface area contributed by atoms with E-state index >= 15 is 0 Å². The molecule has 0 saturated heterocycles. The van der Waals surface area contributed by atoms with Gasteiger partial charge in [0.05, 0.1) is 12.2 Å². The van der Waals surface area contributed by atoms with Gasteiger partial charge in [0.2, 0.25) is 0 Å². The quantitative estimate of drug-likeness (QED) is 0.913. The van der Waals surface area contributed by atoms with Gasteiger partial charge in [-0.3, -0.25) is 4.79 Å². The minimum Gasteiger partial charge on any atom is -0.507 e. The zero-order valence-corrected chi connectivity index (χ0v) is 13.2. The summed E-state index contributed by atoms with van der Waals surface area (Å²) in [5, 5.41) is 12.8. The van der Waals surface area contributed by atoms with Crippen LogP contribution in [0.1, 0.15) is 28.4 Å². The summed E-state index contributed by atoms with van der Waals surface area (Å²) in [7, 11) is 0. The van der Waals surface area contributed by atoms with Gasteiger partial charge < -0.3 is 15.2 Å². The van der Waals surface area contributed by atoms with E-state index in [4.69, 9.17) is 4.74 Å². The minimum absolute atomic E-state index is 0.0185. The first-order valence-corrected chi connectivity index (χ1v) is 7.98. The molecule has 3 rings (SSSR count). The number of hydrogen-bond acceptors (Lipinski definition) is 3. The Hall–Kier alpha value is -2.49. The zero-order valence-electron chi connectivity index (χ0n) is 13.2. The van der Waals surface area contributed by atoms with Crippen molar-refractivity contribution in [1.82, 2.24) is 5.32 Å². The Kier molecular flexibility index (Phi) is 4.51. The number of aryl methyl sites for hydroxylation is 1. The minimum atomic E-state index is -0.239. The lowest BCUT2D eigenvalue weighted by Gasteiger charge is -2.25. The molecule has 2 N–H and O–H groups in total. The number of benzene rings is 2. The van der Waals surface area contributed by atoms with Gasteiger partial charge in [-0.1, -0.05) is 31.2 Å². The SMILES string of the molecule is CCc1ccc(O)c(C(=O)NCC2COc3ccccc3C2)c1. The average Bonchev–Trinajstić information content (AvgIpc) is 2.60. The predicted molar refractivity (Wildman–Crippen MR) is 88.9 cm³/mol. The molecule has 0 saturated carbocycles. The molecule has 4 nitrogen and oxygen atoms in total. The van der Waals surface area contributed by atoms with Crippen molar-refractivity contribution in [3.63, 3.8) is 0 Å². The first-order valence-electron chi connectivity index (χ1n) is 7.98. The second kappa shape index (κ2) is 6.73. The maximum Gasteiger partial charge on any atom is 0.255 e. The molecule has 120 valence electrons. The predicted octanol–water partition coefficient (Wildman–Crippen LogP) is 2.94. The van der Waals surface area contributed by atoms with Gasteiger partial charge in [0.25, 0.3) is 5.91 Å². The van der Waals surface area contributed by atoms with Crippen LogP contribution in [0.5, 0.6) is 11.5 Å². The zero-order chi connectivity index (χ0) is 16.2. The van der Waals surface area contributed by atoms with Crippen LogP contribution in [0.2, 0.25) is 0 Å². The normalized spacial score (nSPS) is 16.3. The Labute approximate surface area is 136 Å². The van der Waals surface area contributed by atoms with E-state index in [1.807, 2.05) is 31.2 Å². The van der Waals surface area contributed by atoms with Crippen LogP contribution < -0.4 is 10.1 Å². The van der Waals surface area contributed by atoms with Crippen molar-refractivity contribution >= 4 is 5.91 Å². The highest BCUT2D eigenvalue weighted by Crippen LogP contribution is 2.26. The Morgan fingerprint density at radius 3 is 2.96 bits per heavy atom. The van der Waals surface area contributed by atoms with Crippen molar-refractivity contribution in [2.75, 3.05) is 13.2 Å². The standard InChI is InChI=1S/C19H21NO3/c1-2-13-7-8-17(21)16(10-13)19(22)20-11-14-9-15-5-3-4-6-18(15)23-12-14/h3-8,10,14,21H,2,9,11-12H2,1H3,(H,20,22). The summed E-state index contributed by atoms with van der Waals surface area (Å²) in [6.45, 7) is 3.14. The van der Waals surface area contributed by atoms with Crippen LogP contribution in [0.15, 0.2) is 42.5 Å². The maximum absolute atomic E-state index is 12.3. The monoisotopic (exact) mass is 311 g/mol. The lowest BCUT2D eigenvalue weighted by molar-refractivity contribution is 0.0936. The number of carbonyl (C=O) groups excluding carboxylic acids is 1. The van der Waals surface area contributed by atoms with Crippen LogP contribution in [0.25, 0.3) is 0 Å². The number of phenolic OH excluding ortho intramolecular Hbond substituents is 1. The summed E-state index contributed by atoms with van der Waals surface area (Å²) in [5.74, 6) is 0.954. The van der Waals surface area contributed by atoms with E-state index in [1.54, 1.807) is 12.1 Å². The van der Waals surface area contributed by atoms with Crippen molar-refractivity contribution in [2.24, 2.45) is 5.92 Å². The number of nitrogens with one attached hydrogen (secondary N) is 1. The van der Waals surface area contributed by atoms with Crippen molar-refractivity contribution in [2.45, 2.75) is 19.8 Å². The van der Waals surface area contributed by atoms with E-state index in [-0.39, 0.29) is 17.6 Å². The molecule has 4 heteroatoms. The van der Waals surface area contributed by atoms with Crippen LogP contribution in [-0.2, 0) is 12.8 Å². The van der Waals surface area contributed by atoms with E-state index in [0.29, 0.717) is 18.7 Å². The third-order valence-corrected chi connectivity index (χ3v) is 4.22. The summed E-state index contributed by atoms with van der Waals surface area (Å²) in [6.07, 6.45) is 1.71. The molecule has 0 aromatic heterocycles. The first-order chi connectivity index (χ1) is 11.2. The fourth-order valence-electron chi connectivity index (χ4n) is 2.84. The number of aromatic hydroxyl groups is 1. The van der Waals surface area contributed by atoms with Gasteiger partial charge in [-0.2, -0.15) is 0 Å². The smallest absolute Gasteiger partial charge is 0.255 e. The fraction of sp³-hybridized carbons (Fsp3) is 0.316. The number of fused-ring (bicyclic) bond motifs is 1. The Morgan fingerprint density at radius 1 is 1.30 bits per heavy atom. The number of phenols is 1. The summed E-state index contributed by atoms with van der Waals surface area (Å²) < 4.78 is 5.73. The molecule has 1 amide bonds. The molecule has 1 aliphatic rings. The lowest BCUT2D eigenvalue weighted by Crippen LogP contribution is -2.34. The van der Waals surface area contributed by atoms with Crippen molar-refractivity contribution < 1.29 is 14.6 Å². The van der Waals surface area contributed by atoms with Gasteiger partial charge in [-0.05, 0) is 42.2 Å². The van der Waals surface area contributed by atoms with E-state index < -0.39 is 0 Å². The highest BCUT2D eigenvalue weighted by atomic mass is 16.5. The molecular formula is C19H21NO3. The summed E-state index contributed by atoms with van der Waals surface area (Å²) >= 11 is 0. The van der Waals surface area contributed by atoms with Crippen molar-refractivity contribution in [3.8, 4) is 11.5 Å². The number of hydrogen-bond donors (Lipinski definition) is 2.